The molecule has 90 valence electrons. The van der Waals surface area contributed by atoms with Gasteiger partial charge >= 0.3 is 0 Å². The molecular weight excluding hydrogens is 227 g/mol. The molecular formula is C12H17FO2S. The van der Waals surface area contributed by atoms with Gasteiger partial charge in [0.05, 0.1) is 23.2 Å². The molecule has 1 rings (SSSR count). The van der Waals surface area contributed by atoms with E-state index in [1.165, 1.54) is 12.1 Å². The molecule has 0 aromatic heterocycles. The quantitative estimate of drug-likeness (QED) is 0.689. The second-order valence-corrected chi connectivity index (χ2v) is 5.04. The Labute approximate surface area is 98.3 Å². The summed E-state index contributed by atoms with van der Waals surface area (Å²) >= 11 is 0. The van der Waals surface area contributed by atoms with Crippen molar-refractivity contribution in [1.29, 1.82) is 0 Å². The molecule has 0 fully saturated rings. The number of rotatable bonds is 7. The van der Waals surface area contributed by atoms with Crippen molar-refractivity contribution in [3.8, 4) is 0 Å². The van der Waals surface area contributed by atoms with Crippen molar-refractivity contribution < 1.29 is 13.3 Å². The Morgan fingerprint density at radius 3 is 2.88 bits per heavy atom. The molecule has 16 heavy (non-hydrogen) atoms. The summed E-state index contributed by atoms with van der Waals surface area (Å²) in [5.41, 5.74) is 0. The summed E-state index contributed by atoms with van der Waals surface area (Å²) in [5.74, 6) is 0.0745. The molecule has 0 saturated heterocycles. The predicted octanol–water partition coefficient (Wildman–Crippen LogP) is 2.75. The molecule has 1 aromatic carbocycles. The van der Waals surface area contributed by atoms with Crippen LogP contribution in [0.1, 0.15) is 19.8 Å². The van der Waals surface area contributed by atoms with Crippen LogP contribution in [0.15, 0.2) is 29.2 Å². The fourth-order valence-corrected chi connectivity index (χ4v) is 2.19. The van der Waals surface area contributed by atoms with Gasteiger partial charge in [-0.1, -0.05) is 19.4 Å². The van der Waals surface area contributed by atoms with Crippen LogP contribution in [0.3, 0.4) is 0 Å². The zero-order valence-electron chi connectivity index (χ0n) is 9.45. The smallest absolute Gasteiger partial charge is 0.124 e. The fraction of sp³-hybridized carbons (Fsp3) is 0.500. The monoisotopic (exact) mass is 244 g/mol. The summed E-state index contributed by atoms with van der Waals surface area (Å²) in [6, 6.07) is 5.90. The van der Waals surface area contributed by atoms with Gasteiger partial charge in [-0.25, -0.2) is 4.39 Å². The zero-order chi connectivity index (χ0) is 11.8. The van der Waals surface area contributed by atoms with Gasteiger partial charge in [0, 0.05) is 11.5 Å². The van der Waals surface area contributed by atoms with Crippen LogP contribution in [0.2, 0.25) is 0 Å². The summed E-state index contributed by atoms with van der Waals surface area (Å²) in [4.78, 5) is 0.527. The minimum Gasteiger partial charge on any atom is -0.380 e. The van der Waals surface area contributed by atoms with Crippen LogP contribution in [0.4, 0.5) is 4.39 Å². The molecule has 0 radical (unpaired) electrons. The van der Waals surface area contributed by atoms with Crippen molar-refractivity contribution in [2.24, 2.45) is 0 Å². The minimum atomic E-state index is -1.16. The highest BCUT2D eigenvalue weighted by Crippen LogP contribution is 2.08. The highest BCUT2D eigenvalue weighted by molar-refractivity contribution is 7.85. The molecule has 1 aromatic rings. The molecule has 0 heterocycles. The molecule has 0 N–H and O–H groups in total. The summed E-state index contributed by atoms with van der Waals surface area (Å²) in [5, 5.41) is 0. The van der Waals surface area contributed by atoms with E-state index in [1.807, 2.05) is 0 Å². The van der Waals surface area contributed by atoms with Crippen LogP contribution in [0.5, 0.6) is 0 Å². The van der Waals surface area contributed by atoms with Crippen molar-refractivity contribution in [3.63, 3.8) is 0 Å². The van der Waals surface area contributed by atoms with Crippen LogP contribution in [0.25, 0.3) is 0 Å². The van der Waals surface area contributed by atoms with Gasteiger partial charge in [-0.2, -0.15) is 0 Å². The van der Waals surface area contributed by atoms with E-state index in [4.69, 9.17) is 4.74 Å². The van der Waals surface area contributed by atoms with Crippen molar-refractivity contribution in [1.82, 2.24) is 0 Å². The van der Waals surface area contributed by atoms with Crippen molar-refractivity contribution in [2.75, 3.05) is 19.0 Å². The summed E-state index contributed by atoms with van der Waals surface area (Å²) in [7, 11) is -1.16. The molecule has 1 unspecified atom stereocenters. The maximum absolute atomic E-state index is 12.9. The van der Waals surface area contributed by atoms with Gasteiger partial charge < -0.3 is 4.74 Å². The number of hydrogen-bond donors (Lipinski definition) is 0. The van der Waals surface area contributed by atoms with E-state index in [2.05, 4.69) is 6.92 Å². The van der Waals surface area contributed by atoms with E-state index < -0.39 is 10.8 Å². The third-order valence-corrected chi connectivity index (χ3v) is 3.43. The van der Waals surface area contributed by atoms with Crippen LogP contribution in [0, 0.1) is 5.82 Å². The normalized spacial score (nSPS) is 12.6. The second kappa shape index (κ2) is 7.52. The van der Waals surface area contributed by atoms with Crippen molar-refractivity contribution >= 4 is 10.8 Å². The SMILES string of the molecule is CCCCOCCS(=O)c1cccc(F)c1. The maximum Gasteiger partial charge on any atom is 0.124 e. The first-order valence-electron chi connectivity index (χ1n) is 5.45. The molecule has 0 amide bonds. The summed E-state index contributed by atoms with van der Waals surface area (Å²) in [6.45, 7) is 3.26. The molecule has 1 atom stereocenters. The van der Waals surface area contributed by atoms with E-state index in [1.54, 1.807) is 12.1 Å². The topological polar surface area (TPSA) is 26.3 Å². The summed E-state index contributed by atoms with van der Waals surface area (Å²) in [6.07, 6.45) is 2.11. The Balaban J connectivity index is 2.30. The number of hydrogen-bond acceptors (Lipinski definition) is 2. The molecule has 0 aliphatic carbocycles. The zero-order valence-corrected chi connectivity index (χ0v) is 10.3. The number of ether oxygens (including phenoxy) is 1. The third-order valence-electron chi connectivity index (χ3n) is 2.11. The highest BCUT2D eigenvalue weighted by atomic mass is 32.2. The van der Waals surface area contributed by atoms with Gasteiger partial charge in [-0.05, 0) is 24.6 Å². The largest absolute Gasteiger partial charge is 0.380 e. The summed E-state index contributed by atoms with van der Waals surface area (Å²) < 4.78 is 29.9. The predicted molar refractivity (Wildman–Crippen MR) is 63.4 cm³/mol. The Kier molecular flexibility index (Phi) is 6.26. The van der Waals surface area contributed by atoms with Crippen LogP contribution in [-0.2, 0) is 15.5 Å². The lowest BCUT2D eigenvalue weighted by molar-refractivity contribution is 0.146. The first kappa shape index (κ1) is 13.3. The first-order valence-corrected chi connectivity index (χ1v) is 6.77. The van der Waals surface area contributed by atoms with Crippen molar-refractivity contribution in [2.45, 2.75) is 24.7 Å². The van der Waals surface area contributed by atoms with E-state index >= 15 is 0 Å². The second-order valence-electron chi connectivity index (χ2n) is 3.47. The average molecular weight is 244 g/mol. The number of unbranched alkanes of at least 4 members (excludes halogenated alkanes) is 1. The average Bonchev–Trinajstić information content (AvgIpc) is 2.28. The number of halogens is 1. The molecule has 0 bridgehead atoms. The van der Waals surface area contributed by atoms with Gasteiger partial charge in [0.1, 0.15) is 5.82 Å². The number of benzene rings is 1. The van der Waals surface area contributed by atoms with E-state index in [0.717, 1.165) is 12.8 Å². The van der Waals surface area contributed by atoms with Gasteiger partial charge in [0.2, 0.25) is 0 Å². The van der Waals surface area contributed by atoms with E-state index in [0.29, 0.717) is 23.9 Å². The van der Waals surface area contributed by atoms with Gasteiger partial charge in [-0.15, -0.1) is 0 Å². The third kappa shape index (κ3) is 4.86. The molecule has 2 nitrogen and oxygen atoms in total. The Morgan fingerprint density at radius 2 is 2.19 bits per heavy atom. The van der Waals surface area contributed by atoms with Gasteiger partial charge in [0.15, 0.2) is 0 Å². The Hall–Kier alpha value is -0.740. The molecule has 0 aliphatic heterocycles. The highest BCUT2D eigenvalue weighted by Gasteiger charge is 2.04. The maximum atomic E-state index is 12.9. The van der Waals surface area contributed by atoms with Crippen LogP contribution in [-0.4, -0.2) is 23.2 Å². The molecule has 0 saturated carbocycles. The van der Waals surface area contributed by atoms with E-state index in [-0.39, 0.29) is 5.82 Å². The minimum absolute atomic E-state index is 0.349. The van der Waals surface area contributed by atoms with Gasteiger partial charge in [0.25, 0.3) is 0 Å². The van der Waals surface area contributed by atoms with Gasteiger partial charge in [-0.3, -0.25) is 4.21 Å². The molecule has 4 heteroatoms. The Bertz CT molecular complexity index is 342. The molecule has 0 spiro atoms. The lowest BCUT2D eigenvalue weighted by atomic mass is 10.4. The first-order chi connectivity index (χ1) is 7.74. The standard InChI is InChI=1S/C12H17FO2S/c1-2-3-7-15-8-9-16(14)12-6-4-5-11(13)10-12/h4-6,10H,2-3,7-9H2,1H3. The lowest BCUT2D eigenvalue weighted by Gasteiger charge is -2.04. The molecule has 0 aliphatic rings. The lowest BCUT2D eigenvalue weighted by Crippen LogP contribution is -2.07. The van der Waals surface area contributed by atoms with E-state index in [9.17, 15) is 8.60 Å². The van der Waals surface area contributed by atoms with Crippen LogP contribution >= 0.6 is 0 Å². The van der Waals surface area contributed by atoms with Crippen LogP contribution < -0.4 is 0 Å². The van der Waals surface area contributed by atoms with Crippen molar-refractivity contribution in [3.05, 3.63) is 30.1 Å². The Morgan fingerprint density at radius 1 is 1.38 bits per heavy atom. The fourth-order valence-electron chi connectivity index (χ4n) is 1.21.